The predicted molar refractivity (Wildman–Crippen MR) is 114 cm³/mol. The smallest absolute Gasteiger partial charge is 0.344 e. The van der Waals surface area contributed by atoms with Crippen LogP contribution in [0.4, 0.5) is 4.39 Å². The summed E-state index contributed by atoms with van der Waals surface area (Å²) in [4.78, 5) is 25.2. The first-order valence-electron chi connectivity index (χ1n) is 10.4. The van der Waals surface area contributed by atoms with Gasteiger partial charge >= 0.3 is 11.4 Å². The third kappa shape index (κ3) is 6.54. The minimum absolute atomic E-state index is 0.0649. The van der Waals surface area contributed by atoms with Crippen LogP contribution in [0.2, 0.25) is 0 Å². The minimum Gasteiger partial charge on any atom is -0.490 e. The van der Waals surface area contributed by atoms with E-state index in [9.17, 15) is 22.4 Å². The van der Waals surface area contributed by atoms with Crippen LogP contribution in [0.1, 0.15) is 50.6 Å². The van der Waals surface area contributed by atoms with Gasteiger partial charge in [-0.15, -0.1) is 0 Å². The first kappa shape index (κ1) is 23.3. The normalized spacial score (nSPS) is 15.2. The van der Waals surface area contributed by atoms with Gasteiger partial charge in [0.25, 0.3) is 0 Å². The molecule has 1 heterocycles. The molecule has 31 heavy (non-hydrogen) atoms. The van der Waals surface area contributed by atoms with Crippen molar-refractivity contribution in [2.24, 2.45) is 13.0 Å². The summed E-state index contributed by atoms with van der Waals surface area (Å²) in [6, 6.07) is 3.86. The van der Waals surface area contributed by atoms with Crippen LogP contribution in [-0.2, 0) is 23.6 Å². The Kier molecular flexibility index (Phi) is 7.37. The van der Waals surface area contributed by atoms with Crippen LogP contribution in [0.3, 0.4) is 0 Å². The number of benzene rings is 1. The number of sulfonamides is 1. The Hall–Kier alpha value is -2.40. The minimum atomic E-state index is -3.54. The third-order valence-electron chi connectivity index (χ3n) is 5.37. The fourth-order valence-corrected chi connectivity index (χ4v) is 4.63. The molecule has 3 rings (SSSR count). The van der Waals surface area contributed by atoms with E-state index in [2.05, 4.69) is 9.71 Å². The second kappa shape index (κ2) is 9.82. The van der Waals surface area contributed by atoms with Crippen LogP contribution in [0.25, 0.3) is 0 Å². The molecule has 0 aliphatic heterocycles. The van der Waals surface area contributed by atoms with Crippen molar-refractivity contribution in [2.75, 3.05) is 12.4 Å². The zero-order valence-electron chi connectivity index (χ0n) is 17.8. The Labute approximate surface area is 180 Å². The number of nitrogens with one attached hydrogen (secondary N) is 2. The van der Waals surface area contributed by atoms with Gasteiger partial charge in [-0.05, 0) is 56.2 Å². The average molecular weight is 457 g/mol. The molecule has 1 fully saturated rings. The lowest BCUT2D eigenvalue weighted by molar-refractivity contribution is 0.285. The number of unbranched alkanes of at least 4 members (excludes halogenated alkanes) is 2. The topological polar surface area (TPSA) is 115 Å². The number of rotatable bonds is 12. The summed E-state index contributed by atoms with van der Waals surface area (Å²) in [6.07, 6.45) is 3.75. The van der Waals surface area contributed by atoms with Gasteiger partial charge < -0.3 is 4.74 Å². The molecular weight excluding hydrogens is 427 g/mol. The van der Waals surface area contributed by atoms with Crippen LogP contribution in [0.5, 0.6) is 5.75 Å². The Morgan fingerprint density at radius 3 is 2.61 bits per heavy atom. The molecule has 0 saturated heterocycles. The van der Waals surface area contributed by atoms with E-state index in [1.54, 1.807) is 19.1 Å². The van der Waals surface area contributed by atoms with E-state index in [1.165, 1.54) is 22.5 Å². The predicted octanol–water partition coefficient (Wildman–Crippen LogP) is 1.65. The summed E-state index contributed by atoms with van der Waals surface area (Å²) < 4.78 is 49.4. The molecule has 9 nitrogen and oxygen atoms in total. The van der Waals surface area contributed by atoms with Gasteiger partial charge in [-0.25, -0.2) is 36.5 Å². The van der Waals surface area contributed by atoms with E-state index in [0.717, 1.165) is 12.8 Å². The first-order valence-corrected chi connectivity index (χ1v) is 12.1. The highest BCUT2D eigenvalue weighted by atomic mass is 32.2. The van der Waals surface area contributed by atoms with Crippen LogP contribution in [0, 0.1) is 11.7 Å². The molecule has 1 aromatic carbocycles. The number of ether oxygens (including phenoxy) is 1. The van der Waals surface area contributed by atoms with E-state index in [1.807, 2.05) is 0 Å². The summed E-state index contributed by atoms with van der Waals surface area (Å²) >= 11 is 0. The fraction of sp³-hybridized carbons (Fsp3) is 0.600. The van der Waals surface area contributed by atoms with Crippen LogP contribution < -0.4 is 20.8 Å². The highest BCUT2D eigenvalue weighted by molar-refractivity contribution is 7.89. The molecule has 1 saturated carbocycles. The van der Waals surface area contributed by atoms with Crippen LogP contribution >= 0.6 is 0 Å². The first-order chi connectivity index (χ1) is 14.7. The SMILES string of the molecule is C[C@@H](NS(=O)(=O)CCCCCn1c(=O)[nH]c(=O)n1C)c1ccc(F)c(OCC2CC2)c1. The average Bonchev–Trinajstić information content (AvgIpc) is 3.49. The van der Waals surface area contributed by atoms with Gasteiger partial charge in [-0.3, -0.25) is 4.98 Å². The number of hydrogen-bond acceptors (Lipinski definition) is 5. The molecule has 0 spiro atoms. The molecule has 2 N–H and O–H groups in total. The largest absolute Gasteiger partial charge is 0.490 e. The second-order valence-corrected chi connectivity index (χ2v) is 9.92. The standard InChI is InChI=1S/C20H29FN4O5S/c1-14(16-8-9-17(21)18(12-16)30-13-15-6-7-15)23-31(28,29)11-5-3-4-10-25-20(27)22-19(26)24(25)2/h8-9,12,14-15,23H,3-7,10-11,13H2,1-2H3,(H,22,26,27)/t14-/m1/s1. The molecule has 1 aliphatic rings. The molecule has 0 bridgehead atoms. The lowest BCUT2D eigenvalue weighted by Gasteiger charge is -2.16. The van der Waals surface area contributed by atoms with Gasteiger partial charge in [0.1, 0.15) is 0 Å². The quantitative estimate of drug-likeness (QED) is 0.471. The molecule has 2 aromatic rings. The van der Waals surface area contributed by atoms with Gasteiger partial charge in [0.05, 0.1) is 12.4 Å². The van der Waals surface area contributed by atoms with Crippen molar-refractivity contribution in [3.05, 3.63) is 50.5 Å². The number of halogens is 1. The van der Waals surface area contributed by atoms with Crippen LogP contribution in [0.15, 0.2) is 27.8 Å². The maximum Gasteiger partial charge on any atom is 0.344 e. The van der Waals surface area contributed by atoms with Crippen molar-refractivity contribution < 1.29 is 17.5 Å². The Bertz CT molecular complexity index is 1120. The zero-order chi connectivity index (χ0) is 22.6. The van der Waals surface area contributed by atoms with Crippen molar-refractivity contribution in [2.45, 2.75) is 51.6 Å². The summed E-state index contributed by atoms with van der Waals surface area (Å²) in [7, 11) is -2.05. The van der Waals surface area contributed by atoms with Crippen molar-refractivity contribution in [3.8, 4) is 5.75 Å². The number of aromatic nitrogens is 3. The Morgan fingerprint density at radius 2 is 1.97 bits per heavy atom. The molecule has 1 aliphatic carbocycles. The summed E-state index contributed by atoms with van der Waals surface area (Å²) in [5.74, 6) is 0.105. The molecule has 0 unspecified atom stereocenters. The monoisotopic (exact) mass is 456 g/mol. The molecule has 172 valence electrons. The van der Waals surface area contributed by atoms with Crippen molar-refractivity contribution in [1.29, 1.82) is 0 Å². The van der Waals surface area contributed by atoms with Gasteiger partial charge in [-0.1, -0.05) is 12.5 Å². The van der Waals surface area contributed by atoms with E-state index in [-0.39, 0.29) is 11.5 Å². The van der Waals surface area contributed by atoms with Crippen LogP contribution in [-0.4, -0.2) is 35.1 Å². The van der Waals surface area contributed by atoms with E-state index in [4.69, 9.17) is 4.74 Å². The number of H-pyrrole nitrogens is 1. The number of hydrogen-bond donors (Lipinski definition) is 2. The summed E-state index contributed by atoms with van der Waals surface area (Å²) in [6.45, 7) is 2.51. The van der Waals surface area contributed by atoms with Gasteiger partial charge in [0, 0.05) is 19.6 Å². The highest BCUT2D eigenvalue weighted by Crippen LogP contribution is 2.31. The van der Waals surface area contributed by atoms with E-state index >= 15 is 0 Å². The molecule has 1 aromatic heterocycles. The van der Waals surface area contributed by atoms with E-state index < -0.39 is 33.3 Å². The maximum absolute atomic E-state index is 13.9. The Morgan fingerprint density at radius 1 is 1.23 bits per heavy atom. The number of aromatic amines is 1. The highest BCUT2D eigenvalue weighted by Gasteiger charge is 2.23. The molecule has 0 radical (unpaired) electrons. The lowest BCUT2D eigenvalue weighted by atomic mass is 10.1. The number of nitrogens with zero attached hydrogens (tertiary/aromatic N) is 2. The Balaban J connectivity index is 1.46. The van der Waals surface area contributed by atoms with Crippen molar-refractivity contribution in [1.82, 2.24) is 19.1 Å². The summed E-state index contributed by atoms with van der Waals surface area (Å²) in [5.41, 5.74) is -0.327. The fourth-order valence-electron chi connectivity index (χ4n) is 3.25. The van der Waals surface area contributed by atoms with Gasteiger partial charge in [0.2, 0.25) is 10.0 Å². The molecular formula is C20H29FN4O5S. The zero-order valence-corrected chi connectivity index (χ0v) is 18.6. The lowest BCUT2D eigenvalue weighted by Crippen LogP contribution is -2.29. The van der Waals surface area contributed by atoms with Crippen molar-refractivity contribution in [3.63, 3.8) is 0 Å². The molecule has 1 atom stereocenters. The summed E-state index contributed by atoms with van der Waals surface area (Å²) in [5, 5.41) is 0. The van der Waals surface area contributed by atoms with Crippen molar-refractivity contribution >= 4 is 10.0 Å². The molecule has 0 amide bonds. The third-order valence-corrected chi connectivity index (χ3v) is 6.91. The van der Waals surface area contributed by atoms with E-state index in [0.29, 0.717) is 43.9 Å². The second-order valence-electron chi connectivity index (χ2n) is 8.05. The maximum atomic E-state index is 13.9. The van der Waals surface area contributed by atoms with Gasteiger partial charge in [0.15, 0.2) is 11.6 Å². The van der Waals surface area contributed by atoms with Gasteiger partial charge in [-0.2, -0.15) is 0 Å². The molecule has 11 heteroatoms.